The molecule has 0 aliphatic carbocycles. The third-order valence-corrected chi connectivity index (χ3v) is 3.41. The summed E-state index contributed by atoms with van der Waals surface area (Å²) in [5.74, 6) is 0.789. The van der Waals surface area contributed by atoms with Crippen molar-refractivity contribution in [3.05, 3.63) is 23.3 Å². The summed E-state index contributed by atoms with van der Waals surface area (Å²) in [6.07, 6.45) is 0.183. The van der Waals surface area contributed by atoms with Gasteiger partial charge in [0.05, 0.1) is 19.8 Å². The number of aliphatic hydroxyl groups excluding tert-OH is 1. The molecule has 2 rings (SSSR count). The Bertz CT molecular complexity index is 483. The SMILES string of the molecule is COc1cc(OC)c2c(c1)C(=O)O[C@@H]2[C@@H](C)CCO. The minimum absolute atomic E-state index is 0.0255. The second-order valence-corrected chi connectivity index (χ2v) is 4.61. The first-order valence-electron chi connectivity index (χ1n) is 6.20. The maximum Gasteiger partial charge on any atom is 0.339 e. The smallest absolute Gasteiger partial charge is 0.339 e. The summed E-state index contributed by atoms with van der Waals surface area (Å²) < 4.78 is 15.9. The normalized spacial score (nSPS) is 18.7. The Balaban J connectivity index is 2.47. The summed E-state index contributed by atoms with van der Waals surface area (Å²) in [5.41, 5.74) is 1.22. The van der Waals surface area contributed by atoms with Crippen molar-refractivity contribution in [3.63, 3.8) is 0 Å². The van der Waals surface area contributed by atoms with Crippen LogP contribution in [0.2, 0.25) is 0 Å². The van der Waals surface area contributed by atoms with Crippen LogP contribution in [0.4, 0.5) is 0 Å². The van der Waals surface area contributed by atoms with Gasteiger partial charge in [-0.2, -0.15) is 0 Å². The van der Waals surface area contributed by atoms with E-state index in [4.69, 9.17) is 19.3 Å². The van der Waals surface area contributed by atoms with E-state index in [1.54, 1.807) is 19.2 Å². The molecule has 0 bridgehead atoms. The Kier molecular flexibility index (Phi) is 3.95. The van der Waals surface area contributed by atoms with Gasteiger partial charge in [-0.1, -0.05) is 6.92 Å². The first-order valence-corrected chi connectivity index (χ1v) is 6.20. The van der Waals surface area contributed by atoms with Crippen LogP contribution in [0.15, 0.2) is 12.1 Å². The molecule has 0 spiro atoms. The average Bonchev–Trinajstić information content (AvgIpc) is 2.75. The number of benzene rings is 1. The molecule has 1 aliphatic rings. The van der Waals surface area contributed by atoms with Crippen molar-refractivity contribution in [1.29, 1.82) is 0 Å². The standard InChI is InChI=1S/C14H18O5/c1-8(4-5-15)13-12-10(14(16)19-13)6-9(17-2)7-11(12)18-3/h6-8,13,15H,4-5H2,1-3H3/t8-,13+/m0/s1. The van der Waals surface area contributed by atoms with Crippen LogP contribution in [-0.4, -0.2) is 31.9 Å². The van der Waals surface area contributed by atoms with Crippen LogP contribution in [0, 0.1) is 5.92 Å². The Morgan fingerprint density at radius 2 is 2.11 bits per heavy atom. The van der Waals surface area contributed by atoms with E-state index in [1.807, 2.05) is 6.92 Å². The van der Waals surface area contributed by atoms with Gasteiger partial charge in [0.15, 0.2) is 0 Å². The van der Waals surface area contributed by atoms with Gasteiger partial charge in [0.25, 0.3) is 0 Å². The molecule has 0 unspecified atom stereocenters. The van der Waals surface area contributed by atoms with E-state index in [2.05, 4.69) is 0 Å². The van der Waals surface area contributed by atoms with Gasteiger partial charge in [-0.25, -0.2) is 4.79 Å². The second-order valence-electron chi connectivity index (χ2n) is 4.61. The van der Waals surface area contributed by atoms with Crippen molar-refractivity contribution in [3.8, 4) is 11.5 Å². The highest BCUT2D eigenvalue weighted by Crippen LogP contribution is 2.44. The number of fused-ring (bicyclic) bond motifs is 1. The predicted molar refractivity (Wildman–Crippen MR) is 68.6 cm³/mol. The zero-order chi connectivity index (χ0) is 14.0. The van der Waals surface area contributed by atoms with Gasteiger partial charge in [0, 0.05) is 18.2 Å². The average molecular weight is 266 g/mol. The molecule has 19 heavy (non-hydrogen) atoms. The highest BCUT2D eigenvalue weighted by molar-refractivity contribution is 5.95. The van der Waals surface area contributed by atoms with Crippen molar-refractivity contribution in [2.24, 2.45) is 5.92 Å². The summed E-state index contributed by atoms with van der Waals surface area (Å²) in [4.78, 5) is 11.9. The molecule has 0 saturated heterocycles. The summed E-state index contributed by atoms with van der Waals surface area (Å²) >= 11 is 0. The van der Waals surface area contributed by atoms with E-state index in [-0.39, 0.29) is 24.6 Å². The van der Waals surface area contributed by atoms with E-state index < -0.39 is 0 Å². The van der Waals surface area contributed by atoms with Crippen LogP contribution < -0.4 is 9.47 Å². The molecule has 0 fully saturated rings. The van der Waals surface area contributed by atoms with Crippen LogP contribution in [0.25, 0.3) is 0 Å². The molecule has 104 valence electrons. The summed E-state index contributed by atoms with van der Waals surface area (Å²) in [5, 5.41) is 9.03. The molecule has 0 amide bonds. The molecule has 1 aromatic carbocycles. The maximum absolute atomic E-state index is 11.9. The quantitative estimate of drug-likeness (QED) is 0.825. The number of carbonyl (C=O) groups excluding carboxylic acids is 1. The molecule has 0 radical (unpaired) electrons. The minimum atomic E-state index is -0.379. The van der Waals surface area contributed by atoms with Gasteiger partial charge in [-0.15, -0.1) is 0 Å². The first kappa shape index (κ1) is 13.7. The van der Waals surface area contributed by atoms with Gasteiger partial charge < -0.3 is 19.3 Å². The lowest BCUT2D eigenvalue weighted by atomic mass is 9.92. The zero-order valence-electron chi connectivity index (χ0n) is 11.3. The fraction of sp³-hybridized carbons (Fsp3) is 0.500. The largest absolute Gasteiger partial charge is 0.497 e. The minimum Gasteiger partial charge on any atom is -0.497 e. The molecule has 5 nitrogen and oxygen atoms in total. The lowest BCUT2D eigenvalue weighted by Crippen LogP contribution is -2.12. The van der Waals surface area contributed by atoms with Crippen LogP contribution in [0.3, 0.4) is 0 Å². The Labute approximate surface area is 112 Å². The number of esters is 1. The second kappa shape index (κ2) is 5.48. The lowest BCUT2D eigenvalue weighted by Gasteiger charge is -2.20. The van der Waals surface area contributed by atoms with Crippen LogP contribution in [-0.2, 0) is 4.74 Å². The van der Waals surface area contributed by atoms with E-state index >= 15 is 0 Å². The number of carbonyl (C=O) groups is 1. The number of hydrogen-bond acceptors (Lipinski definition) is 5. The van der Waals surface area contributed by atoms with Gasteiger partial charge in [0.1, 0.15) is 17.6 Å². The monoisotopic (exact) mass is 266 g/mol. The molecular weight excluding hydrogens is 248 g/mol. The number of aliphatic hydroxyl groups is 1. The van der Waals surface area contributed by atoms with Gasteiger partial charge >= 0.3 is 5.97 Å². The zero-order valence-corrected chi connectivity index (χ0v) is 11.3. The van der Waals surface area contributed by atoms with Crippen molar-refractivity contribution in [1.82, 2.24) is 0 Å². The molecule has 1 N–H and O–H groups in total. The molecule has 0 saturated carbocycles. The molecule has 5 heteroatoms. The van der Waals surface area contributed by atoms with Gasteiger partial charge in [-0.05, 0) is 18.4 Å². The number of rotatable bonds is 5. The van der Waals surface area contributed by atoms with Gasteiger partial charge in [0.2, 0.25) is 0 Å². The van der Waals surface area contributed by atoms with Crippen LogP contribution in [0.1, 0.15) is 35.4 Å². The van der Waals surface area contributed by atoms with E-state index in [9.17, 15) is 4.79 Å². The fourth-order valence-electron chi connectivity index (χ4n) is 2.34. The van der Waals surface area contributed by atoms with Crippen molar-refractivity contribution in [2.75, 3.05) is 20.8 Å². The van der Waals surface area contributed by atoms with Crippen molar-refractivity contribution >= 4 is 5.97 Å². The van der Waals surface area contributed by atoms with Crippen molar-refractivity contribution < 1.29 is 24.1 Å². The highest BCUT2D eigenvalue weighted by Gasteiger charge is 2.37. The molecule has 1 aliphatic heterocycles. The number of cyclic esters (lactones) is 1. The van der Waals surface area contributed by atoms with Crippen molar-refractivity contribution in [2.45, 2.75) is 19.4 Å². The Morgan fingerprint density at radius 1 is 1.37 bits per heavy atom. The number of methoxy groups -OCH3 is 2. The summed E-state index contributed by atoms with van der Waals surface area (Å²) in [7, 11) is 3.08. The molecule has 0 aromatic heterocycles. The van der Waals surface area contributed by atoms with Crippen LogP contribution in [0.5, 0.6) is 11.5 Å². The third-order valence-electron chi connectivity index (χ3n) is 3.41. The van der Waals surface area contributed by atoms with Gasteiger partial charge in [-0.3, -0.25) is 0 Å². The number of ether oxygens (including phenoxy) is 3. The van der Waals surface area contributed by atoms with E-state index in [0.29, 0.717) is 23.5 Å². The topological polar surface area (TPSA) is 65.0 Å². The lowest BCUT2D eigenvalue weighted by molar-refractivity contribution is 0.0220. The summed E-state index contributed by atoms with van der Waals surface area (Å²) in [6.45, 7) is 2.00. The molecular formula is C14H18O5. The fourth-order valence-corrected chi connectivity index (χ4v) is 2.34. The summed E-state index contributed by atoms with van der Waals surface area (Å²) in [6, 6.07) is 3.39. The number of hydrogen-bond donors (Lipinski definition) is 1. The predicted octanol–water partition coefficient (Wildman–Crippen LogP) is 1.93. The highest BCUT2D eigenvalue weighted by atomic mass is 16.6. The Morgan fingerprint density at radius 3 is 2.68 bits per heavy atom. The van der Waals surface area contributed by atoms with E-state index in [0.717, 1.165) is 5.56 Å². The molecule has 2 atom stereocenters. The third kappa shape index (κ3) is 2.38. The first-order chi connectivity index (χ1) is 9.12. The molecule has 1 heterocycles. The maximum atomic E-state index is 11.9. The van der Waals surface area contributed by atoms with E-state index in [1.165, 1.54) is 7.11 Å². The molecule has 1 aromatic rings. The Hall–Kier alpha value is -1.75. The van der Waals surface area contributed by atoms with Crippen LogP contribution >= 0.6 is 0 Å².